The second-order valence-electron chi connectivity index (χ2n) is 5.47. The van der Waals surface area contributed by atoms with E-state index in [-0.39, 0.29) is 6.42 Å². The van der Waals surface area contributed by atoms with Crippen LogP contribution in [-0.4, -0.2) is 28.7 Å². The van der Waals surface area contributed by atoms with Crippen LogP contribution in [0, 0.1) is 11.6 Å². The van der Waals surface area contributed by atoms with Crippen LogP contribution >= 0.6 is 0 Å². The standard InChI is InChI=1S/C14H18F2N2O3/c1-8(17-13(20)21)12(19)18-14(2,3)7-9-4-5-10(15)11(16)6-9/h4-6,8,17H,7H2,1-3H3,(H,18,19)(H,20,21). The van der Waals surface area contributed by atoms with Gasteiger partial charge in [-0.15, -0.1) is 0 Å². The topological polar surface area (TPSA) is 78.4 Å². The van der Waals surface area contributed by atoms with E-state index in [1.807, 2.05) is 5.32 Å². The Balaban J connectivity index is 2.70. The van der Waals surface area contributed by atoms with Crippen molar-refractivity contribution in [2.24, 2.45) is 0 Å². The van der Waals surface area contributed by atoms with Crippen molar-refractivity contribution in [1.29, 1.82) is 0 Å². The number of rotatable bonds is 5. The van der Waals surface area contributed by atoms with E-state index in [9.17, 15) is 18.4 Å². The van der Waals surface area contributed by atoms with E-state index in [1.165, 1.54) is 13.0 Å². The Labute approximate surface area is 121 Å². The van der Waals surface area contributed by atoms with Crippen molar-refractivity contribution in [1.82, 2.24) is 10.6 Å². The minimum Gasteiger partial charge on any atom is -0.465 e. The molecule has 0 aliphatic heterocycles. The highest BCUT2D eigenvalue weighted by atomic mass is 19.2. The third-order valence-electron chi connectivity index (χ3n) is 2.82. The molecule has 21 heavy (non-hydrogen) atoms. The zero-order valence-corrected chi connectivity index (χ0v) is 12.0. The molecule has 0 heterocycles. The number of hydrogen-bond donors (Lipinski definition) is 3. The van der Waals surface area contributed by atoms with Gasteiger partial charge < -0.3 is 15.7 Å². The summed E-state index contributed by atoms with van der Waals surface area (Å²) in [5.74, 6) is -2.37. The third-order valence-corrected chi connectivity index (χ3v) is 2.82. The number of carboxylic acid groups (broad SMARTS) is 1. The van der Waals surface area contributed by atoms with Gasteiger partial charge >= 0.3 is 6.09 Å². The zero-order chi connectivity index (χ0) is 16.2. The van der Waals surface area contributed by atoms with Crippen LogP contribution in [0.2, 0.25) is 0 Å². The van der Waals surface area contributed by atoms with Crippen molar-refractivity contribution in [3.05, 3.63) is 35.4 Å². The molecule has 0 bridgehead atoms. The van der Waals surface area contributed by atoms with Crippen LogP contribution in [0.1, 0.15) is 26.3 Å². The SMILES string of the molecule is CC(NC(=O)O)C(=O)NC(C)(C)Cc1ccc(F)c(F)c1. The molecule has 0 aromatic heterocycles. The van der Waals surface area contributed by atoms with Crippen molar-refractivity contribution in [3.8, 4) is 0 Å². The van der Waals surface area contributed by atoms with Gasteiger partial charge in [-0.3, -0.25) is 4.79 Å². The summed E-state index contributed by atoms with van der Waals surface area (Å²) >= 11 is 0. The van der Waals surface area contributed by atoms with Crippen molar-refractivity contribution in [2.45, 2.75) is 38.8 Å². The molecule has 0 aliphatic rings. The smallest absolute Gasteiger partial charge is 0.405 e. The van der Waals surface area contributed by atoms with Gasteiger partial charge in [0.2, 0.25) is 5.91 Å². The van der Waals surface area contributed by atoms with Gasteiger partial charge in [-0.1, -0.05) is 6.07 Å². The van der Waals surface area contributed by atoms with Crippen LogP contribution in [-0.2, 0) is 11.2 Å². The van der Waals surface area contributed by atoms with Gasteiger partial charge in [-0.25, -0.2) is 13.6 Å². The summed E-state index contributed by atoms with van der Waals surface area (Å²) in [6, 6.07) is 2.62. The van der Waals surface area contributed by atoms with Crippen LogP contribution in [0.5, 0.6) is 0 Å². The van der Waals surface area contributed by atoms with Crippen LogP contribution in [0.3, 0.4) is 0 Å². The average Bonchev–Trinajstić information content (AvgIpc) is 2.32. The van der Waals surface area contributed by atoms with E-state index in [4.69, 9.17) is 5.11 Å². The predicted octanol–water partition coefficient (Wildman–Crippen LogP) is 2.06. The molecule has 0 saturated heterocycles. The van der Waals surface area contributed by atoms with Crippen LogP contribution in [0.4, 0.5) is 13.6 Å². The number of carbonyl (C=O) groups excluding carboxylic acids is 1. The summed E-state index contributed by atoms with van der Waals surface area (Å²) in [5, 5.41) is 13.3. The summed E-state index contributed by atoms with van der Waals surface area (Å²) in [5.41, 5.74) is -0.214. The Morgan fingerprint density at radius 3 is 2.43 bits per heavy atom. The second-order valence-corrected chi connectivity index (χ2v) is 5.47. The van der Waals surface area contributed by atoms with Crippen molar-refractivity contribution >= 4 is 12.0 Å². The monoisotopic (exact) mass is 300 g/mol. The van der Waals surface area contributed by atoms with Gasteiger partial charge in [0.05, 0.1) is 0 Å². The van der Waals surface area contributed by atoms with E-state index < -0.39 is 35.2 Å². The molecule has 5 nitrogen and oxygen atoms in total. The first-order valence-electron chi connectivity index (χ1n) is 6.36. The largest absolute Gasteiger partial charge is 0.465 e. The molecule has 0 aliphatic carbocycles. The number of amides is 2. The van der Waals surface area contributed by atoms with E-state index in [2.05, 4.69) is 5.32 Å². The average molecular weight is 300 g/mol. The maximum Gasteiger partial charge on any atom is 0.405 e. The maximum absolute atomic E-state index is 13.2. The lowest BCUT2D eigenvalue weighted by Crippen LogP contribution is -2.52. The predicted molar refractivity (Wildman–Crippen MR) is 72.9 cm³/mol. The molecule has 2 amide bonds. The molecule has 116 valence electrons. The lowest BCUT2D eigenvalue weighted by molar-refractivity contribution is -0.124. The Bertz CT molecular complexity index is 547. The molecule has 3 N–H and O–H groups in total. The summed E-state index contributed by atoms with van der Waals surface area (Å²) < 4.78 is 26.0. The first-order valence-corrected chi connectivity index (χ1v) is 6.36. The number of hydrogen-bond acceptors (Lipinski definition) is 2. The van der Waals surface area contributed by atoms with Crippen molar-refractivity contribution < 1.29 is 23.5 Å². The first-order chi connectivity index (χ1) is 9.60. The molecule has 1 rings (SSSR count). The van der Waals surface area contributed by atoms with Crippen LogP contribution < -0.4 is 10.6 Å². The molecule has 0 radical (unpaired) electrons. The highest BCUT2D eigenvalue weighted by Gasteiger charge is 2.25. The van der Waals surface area contributed by atoms with Crippen LogP contribution in [0.25, 0.3) is 0 Å². The molecule has 0 spiro atoms. The Morgan fingerprint density at radius 2 is 1.90 bits per heavy atom. The molecule has 1 unspecified atom stereocenters. The lowest BCUT2D eigenvalue weighted by atomic mass is 9.94. The highest BCUT2D eigenvalue weighted by Crippen LogP contribution is 2.16. The van der Waals surface area contributed by atoms with Crippen molar-refractivity contribution in [3.63, 3.8) is 0 Å². The number of nitrogens with one attached hydrogen (secondary N) is 2. The summed E-state index contributed by atoms with van der Waals surface area (Å²) in [6.07, 6.45) is -1.02. The fraction of sp³-hybridized carbons (Fsp3) is 0.429. The Hall–Kier alpha value is -2.18. The van der Waals surface area contributed by atoms with E-state index in [0.29, 0.717) is 5.56 Å². The normalized spacial score (nSPS) is 12.6. The van der Waals surface area contributed by atoms with Crippen LogP contribution in [0.15, 0.2) is 18.2 Å². The Kier molecular flexibility index (Phi) is 5.23. The fourth-order valence-electron chi connectivity index (χ4n) is 1.90. The molecular formula is C14H18F2N2O3. The van der Waals surface area contributed by atoms with E-state index >= 15 is 0 Å². The first kappa shape index (κ1) is 16.9. The van der Waals surface area contributed by atoms with E-state index in [0.717, 1.165) is 12.1 Å². The molecule has 7 heteroatoms. The third kappa shape index (κ3) is 5.37. The number of carbonyl (C=O) groups is 2. The van der Waals surface area contributed by atoms with Crippen molar-refractivity contribution in [2.75, 3.05) is 0 Å². The zero-order valence-electron chi connectivity index (χ0n) is 12.0. The van der Waals surface area contributed by atoms with E-state index in [1.54, 1.807) is 13.8 Å². The second kappa shape index (κ2) is 6.51. The van der Waals surface area contributed by atoms with Gasteiger partial charge in [0.1, 0.15) is 6.04 Å². The molecule has 1 aromatic rings. The van der Waals surface area contributed by atoms with Gasteiger partial charge in [0.25, 0.3) is 0 Å². The molecule has 0 fully saturated rings. The number of halogens is 2. The van der Waals surface area contributed by atoms with Gasteiger partial charge in [0, 0.05) is 5.54 Å². The molecule has 1 aromatic carbocycles. The Morgan fingerprint density at radius 1 is 1.29 bits per heavy atom. The molecule has 1 atom stereocenters. The maximum atomic E-state index is 13.2. The highest BCUT2D eigenvalue weighted by molar-refractivity contribution is 5.85. The summed E-state index contributed by atoms with van der Waals surface area (Å²) in [4.78, 5) is 22.3. The van der Waals surface area contributed by atoms with Gasteiger partial charge in [0.15, 0.2) is 11.6 Å². The van der Waals surface area contributed by atoms with Gasteiger partial charge in [-0.2, -0.15) is 0 Å². The summed E-state index contributed by atoms with van der Waals surface area (Å²) in [7, 11) is 0. The number of benzene rings is 1. The fourth-order valence-corrected chi connectivity index (χ4v) is 1.90. The van der Waals surface area contributed by atoms with Gasteiger partial charge in [-0.05, 0) is 44.9 Å². The molecular weight excluding hydrogens is 282 g/mol. The minimum atomic E-state index is -1.30. The lowest BCUT2D eigenvalue weighted by Gasteiger charge is -2.28. The summed E-state index contributed by atoms with van der Waals surface area (Å²) in [6.45, 7) is 4.83. The minimum absolute atomic E-state index is 0.274. The molecule has 0 saturated carbocycles. The quantitative estimate of drug-likeness (QED) is 0.779.